The molecule has 1 aromatic heterocycles. The number of hydrogen-bond donors (Lipinski definition) is 8. The number of fused-ring (bicyclic) bond motifs is 1. The van der Waals surface area contributed by atoms with Gasteiger partial charge in [0.05, 0.1) is 10.6 Å². The summed E-state index contributed by atoms with van der Waals surface area (Å²) in [5.74, 6) is -1.52. The molecule has 0 fully saturated rings. The van der Waals surface area contributed by atoms with Gasteiger partial charge in [0.2, 0.25) is 17.8 Å². The largest absolute Gasteiger partial charge is 1.00 e. The van der Waals surface area contributed by atoms with Crippen molar-refractivity contribution < 1.29 is 133 Å². The average molecular weight is 767 g/mol. The molecule has 0 saturated heterocycles. The Hall–Kier alpha value is -1.62. The van der Waals surface area contributed by atoms with E-state index in [0.717, 1.165) is 24.3 Å². The second kappa shape index (κ2) is 18.7. The van der Waals surface area contributed by atoms with Crippen LogP contribution in [0.4, 0.5) is 34.9 Å². The van der Waals surface area contributed by atoms with Gasteiger partial charge < -0.3 is 32.5 Å². The number of aromatic nitrogens is 3. The minimum Gasteiger partial charge on any atom is -0.870 e. The second-order valence-electron chi connectivity index (χ2n) is 9.08. The number of rotatable bonds is 13. The van der Waals surface area contributed by atoms with E-state index in [9.17, 15) is 44.0 Å². The van der Waals surface area contributed by atoms with Gasteiger partial charge in [-0.2, -0.15) is 40.2 Å². The molecular formula is C23H25N10Na3O10S3+2. The molecular weight excluding hydrogens is 741 g/mol. The molecule has 0 amide bonds. The van der Waals surface area contributed by atoms with Gasteiger partial charge in [0.15, 0.2) is 0 Å². The monoisotopic (exact) mass is 766 g/mol. The summed E-state index contributed by atoms with van der Waals surface area (Å²) in [6.45, 7) is 0.865. The fourth-order valence-corrected chi connectivity index (χ4v) is 5.74. The van der Waals surface area contributed by atoms with Crippen LogP contribution in [0.2, 0.25) is 0 Å². The van der Waals surface area contributed by atoms with Crippen molar-refractivity contribution in [3.63, 3.8) is 0 Å². The van der Waals surface area contributed by atoms with E-state index in [0.29, 0.717) is 6.07 Å². The molecule has 10 N–H and O–H groups in total. The number of nitrogens with zero attached hydrogens (tertiary/aromatic N) is 5. The molecule has 1 heterocycles. The van der Waals surface area contributed by atoms with Crippen molar-refractivity contribution in [1.29, 1.82) is 0 Å². The molecule has 49 heavy (non-hydrogen) atoms. The predicted molar refractivity (Wildman–Crippen MR) is 162 cm³/mol. The van der Waals surface area contributed by atoms with Crippen molar-refractivity contribution in [2.24, 2.45) is 21.7 Å². The van der Waals surface area contributed by atoms with Gasteiger partial charge in [0.1, 0.15) is 15.5 Å². The van der Waals surface area contributed by atoms with Crippen molar-refractivity contribution in [2.45, 2.75) is 14.7 Å². The minimum absolute atomic E-state index is 0. The van der Waals surface area contributed by atoms with Gasteiger partial charge in [-0.3, -0.25) is 13.7 Å². The Labute approximate surface area is 346 Å². The summed E-state index contributed by atoms with van der Waals surface area (Å²) in [5.41, 5.74) is 9.15. The number of nitrogens with two attached hydrogens (primary N) is 2. The van der Waals surface area contributed by atoms with Crippen LogP contribution in [0.5, 0.6) is 5.75 Å². The van der Waals surface area contributed by atoms with Crippen LogP contribution in [0.1, 0.15) is 0 Å². The molecule has 4 aromatic rings. The number of nitrogens with one attached hydrogen (secondary N) is 3. The molecule has 0 aliphatic rings. The first-order valence-electron chi connectivity index (χ1n) is 12.7. The molecule has 0 radical (unpaired) electrons. The first-order valence-corrected chi connectivity index (χ1v) is 17.0. The van der Waals surface area contributed by atoms with E-state index in [1.807, 2.05) is 0 Å². The quantitative estimate of drug-likeness (QED) is 0.0356. The molecule has 20 nitrogen and oxygen atoms in total. The van der Waals surface area contributed by atoms with Gasteiger partial charge in [0, 0.05) is 31.9 Å². The summed E-state index contributed by atoms with van der Waals surface area (Å²) >= 11 is 0. The van der Waals surface area contributed by atoms with Gasteiger partial charge >= 0.3 is 88.7 Å². The van der Waals surface area contributed by atoms with E-state index in [1.54, 1.807) is 0 Å². The second-order valence-corrected chi connectivity index (χ2v) is 13.3. The Balaban J connectivity index is 0.00000400. The number of benzene rings is 3. The standard InChI is InChI=1S/C23H26N10O10S3.3Na/c24-5-7-26-21-29-22(27-8-6-25)31-23(30-21)28-15-11-13(44(35,36)37)9-12-10-17(46(41,42)43)19(20(34)18(12)15)33-32-14-3-1-2-4-16(14)45(38,39)40;;;/h1-4,9-11,34H,5-8,24-25H2,(H,35,36,37)(H,38,39,40)(H,41,42,43)(H3,26,27,28,29,30,31);;;/q;3*+1/p-1. The van der Waals surface area contributed by atoms with Crippen molar-refractivity contribution in [3.8, 4) is 5.75 Å². The van der Waals surface area contributed by atoms with E-state index in [-0.39, 0.29) is 138 Å². The number of hydrogen-bond acceptors (Lipinski definition) is 17. The molecule has 0 unspecified atom stereocenters. The zero-order chi connectivity index (χ0) is 33.9. The molecule has 0 spiro atoms. The first-order chi connectivity index (χ1) is 21.5. The average Bonchev–Trinajstić information content (AvgIpc) is 2.96. The van der Waals surface area contributed by atoms with Crippen LogP contribution in [0, 0.1) is 0 Å². The molecule has 0 bridgehead atoms. The van der Waals surface area contributed by atoms with E-state index in [2.05, 4.69) is 41.1 Å². The summed E-state index contributed by atoms with van der Waals surface area (Å²) in [6, 6.07) is 6.88. The van der Waals surface area contributed by atoms with Gasteiger partial charge in [-0.05, 0) is 41.1 Å². The molecule has 0 atom stereocenters. The predicted octanol–water partition coefficient (Wildman–Crippen LogP) is -8.25. The fraction of sp³-hybridized carbons (Fsp3) is 0.174. The van der Waals surface area contributed by atoms with E-state index >= 15 is 0 Å². The SMILES string of the molecule is NCCNc1nc(NCCN)nc(Nc2cc(S(=O)(=O)O)cc3cc(S(=O)(=O)O)c(N=Nc4ccccc4S(=O)(=O)O)c([O-])c23)n1.[Na+].[Na+].[Na+]. The maximum atomic E-state index is 13.8. The van der Waals surface area contributed by atoms with Crippen molar-refractivity contribution >= 4 is 76.0 Å². The number of anilines is 4. The normalized spacial score (nSPS) is 11.7. The van der Waals surface area contributed by atoms with Gasteiger partial charge in [-0.25, -0.2) is 0 Å². The summed E-state index contributed by atoms with van der Waals surface area (Å²) in [7, 11) is -15.1. The third-order valence-electron chi connectivity index (χ3n) is 5.82. The number of azo groups is 1. The van der Waals surface area contributed by atoms with Crippen molar-refractivity contribution in [1.82, 2.24) is 15.0 Å². The summed E-state index contributed by atoms with van der Waals surface area (Å²) < 4.78 is 102. The zero-order valence-electron chi connectivity index (χ0n) is 26.2. The van der Waals surface area contributed by atoms with Crippen LogP contribution in [0.3, 0.4) is 0 Å². The van der Waals surface area contributed by atoms with Gasteiger partial charge in [-0.1, -0.05) is 17.9 Å². The Bertz CT molecular complexity index is 2150. The molecule has 0 aliphatic heterocycles. The first kappa shape index (κ1) is 45.4. The minimum atomic E-state index is -5.26. The van der Waals surface area contributed by atoms with Gasteiger partial charge in [-0.15, -0.1) is 10.2 Å². The maximum absolute atomic E-state index is 13.8. The molecule has 246 valence electrons. The van der Waals surface area contributed by atoms with E-state index in [4.69, 9.17) is 11.5 Å². The smallest absolute Gasteiger partial charge is 0.870 e. The summed E-state index contributed by atoms with van der Waals surface area (Å²) in [6.07, 6.45) is 0. The van der Waals surface area contributed by atoms with Crippen LogP contribution in [-0.4, -0.2) is 80.0 Å². The zero-order valence-corrected chi connectivity index (χ0v) is 34.6. The molecule has 0 saturated carbocycles. The molecule has 26 heteroatoms. The molecule has 0 aliphatic carbocycles. The van der Waals surface area contributed by atoms with E-state index < -0.39 is 72.9 Å². The van der Waals surface area contributed by atoms with Crippen molar-refractivity contribution in [2.75, 3.05) is 42.1 Å². The van der Waals surface area contributed by atoms with E-state index in [1.165, 1.54) is 12.1 Å². The fourth-order valence-electron chi connectivity index (χ4n) is 3.92. The maximum Gasteiger partial charge on any atom is 1.00 e. The molecule has 3 aromatic carbocycles. The third-order valence-corrected chi connectivity index (χ3v) is 8.42. The summed E-state index contributed by atoms with van der Waals surface area (Å²) in [5, 5.41) is 28.5. The Kier molecular flexibility index (Phi) is 17.4. The van der Waals surface area contributed by atoms with Crippen LogP contribution in [0.15, 0.2) is 67.4 Å². The Morgan fingerprint density at radius 1 is 0.714 bits per heavy atom. The Morgan fingerprint density at radius 2 is 1.24 bits per heavy atom. The van der Waals surface area contributed by atoms with Crippen LogP contribution >= 0.6 is 0 Å². The third kappa shape index (κ3) is 11.7. The van der Waals surface area contributed by atoms with Crippen LogP contribution in [-0.2, 0) is 30.4 Å². The topological polar surface area (TPSA) is 338 Å². The Morgan fingerprint density at radius 3 is 1.76 bits per heavy atom. The van der Waals surface area contributed by atoms with Crippen molar-refractivity contribution in [3.05, 3.63) is 42.5 Å². The molecule has 4 rings (SSSR count). The van der Waals surface area contributed by atoms with Crippen LogP contribution < -0.4 is 121 Å². The van der Waals surface area contributed by atoms with Crippen LogP contribution in [0.25, 0.3) is 10.8 Å². The summed E-state index contributed by atoms with van der Waals surface area (Å²) in [4.78, 5) is 9.77. The van der Waals surface area contributed by atoms with Gasteiger partial charge in [0.25, 0.3) is 30.4 Å².